The van der Waals surface area contributed by atoms with Gasteiger partial charge in [0.2, 0.25) is 0 Å². The summed E-state index contributed by atoms with van der Waals surface area (Å²) in [7, 11) is 2.05. The zero-order valence-electron chi connectivity index (χ0n) is 12.9. The topological polar surface area (TPSA) is 58.8 Å². The number of likely N-dealkylation sites (tertiary alicyclic amines) is 1. The smallest absolute Gasteiger partial charge is 0.327 e. The number of likely N-dealkylation sites (N-methyl/N-ethyl adjacent to an activating group) is 1. The molecule has 2 rings (SSSR count). The predicted molar refractivity (Wildman–Crippen MR) is 79.4 cm³/mol. The Balaban J connectivity index is 1.82. The third kappa shape index (κ3) is 3.93. The molecule has 0 spiro atoms. The van der Waals surface area contributed by atoms with E-state index in [0.717, 1.165) is 25.9 Å². The highest BCUT2D eigenvalue weighted by atomic mass is 16.5. The summed E-state index contributed by atoms with van der Waals surface area (Å²) < 4.78 is 5.19. The number of nitrogens with two attached hydrogens (primary N) is 1. The molecule has 1 unspecified atom stereocenters. The quantitative estimate of drug-likeness (QED) is 0.664. The first-order chi connectivity index (χ1) is 9.56. The number of carbonyl (C=O) groups excluding carboxylic acids is 1. The lowest BCUT2D eigenvalue weighted by atomic mass is 9.94. The molecule has 5 heteroatoms. The van der Waals surface area contributed by atoms with Crippen molar-refractivity contribution >= 4 is 5.97 Å². The monoisotopic (exact) mass is 283 g/mol. The van der Waals surface area contributed by atoms with Gasteiger partial charge in [0.05, 0.1) is 6.61 Å². The molecule has 1 heterocycles. The van der Waals surface area contributed by atoms with Crippen molar-refractivity contribution in [2.45, 2.75) is 38.1 Å². The number of ether oxygens (including phenoxy) is 1. The van der Waals surface area contributed by atoms with Gasteiger partial charge in [-0.15, -0.1) is 0 Å². The standard InChI is InChI=1S/C15H29N3O2/c1-3-20-14(19)15(16,13-6-7-13)12-17(2)10-11-18-8-4-5-9-18/h13H,3-12,16H2,1-2H3. The number of carbonyl (C=O) groups is 1. The van der Waals surface area contributed by atoms with E-state index < -0.39 is 5.54 Å². The Morgan fingerprint density at radius 3 is 2.60 bits per heavy atom. The lowest BCUT2D eigenvalue weighted by Gasteiger charge is -2.32. The summed E-state index contributed by atoms with van der Waals surface area (Å²) in [5.74, 6) is 0.0753. The van der Waals surface area contributed by atoms with Gasteiger partial charge in [-0.05, 0) is 58.7 Å². The molecule has 1 aliphatic carbocycles. The van der Waals surface area contributed by atoms with Crippen molar-refractivity contribution < 1.29 is 9.53 Å². The first-order valence-corrected chi connectivity index (χ1v) is 7.93. The SMILES string of the molecule is CCOC(=O)C(N)(CN(C)CCN1CCCC1)C1CC1. The van der Waals surface area contributed by atoms with Gasteiger partial charge in [-0.2, -0.15) is 0 Å². The van der Waals surface area contributed by atoms with Crippen molar-refractivity contribution in [3.63, 3.8) is 0 Å². The van der Waals surface area contributed by atoms with E-state index in [4.69, 9.17) is 10.5 Å². The summed E-state index contributed by atoms with van der Waals surface area (Å²) in [6.07, 6.45) is 4.73. The lowest BCUT2D eigenvalue weighted by molar-refractivity contribution is -0.151. The van der Waals surface area contributed by atoms with Crippen LogP contribution in [0.3, 0.4) is 0 Å². The van der Waals surface area contributed by atoms with Crippen molar-refractivity contribution in [2.75, 3.05) is 46.4 Å². The van der Waals surface area contributed by atoms with Gasteiger partial charge in [0, 0.05) is 19.6 Å². The highest BCUT2D eigenvalue weighted by Crippen LogP contribution is 2.39. The van der Waals surface area contributed by atoms with Gasteiger partial charge in [0.25, 0.3) is 0 Å². The number of hydrogen-bond acceptors (Lipinski definition) is 5. The maximum absolute atomic E-state index is 12.2. The minimum absolute atomic E-state index is 0.226. The molecule has 1 aliphatic heterocycles. The summed E-state index contributed by atoms with van der Waals surface area (Å²) in [5.41, 5.74) is 5.58. The second-order valence-corrected chi connectivity index (χ2v) is 6.32. The average Bonchev–Trinajstić information content (AvgIpc) is 3.15. The van der Waals surface area contributed by atoms with E-state index in [1.807, 2.05) is 6.92 Å². The number of nitrogens with zero attached hydrogens (tertiary/aromatic N) is 2. The molecule has 0 aromatic heterocycles. The van der Waals surface area contributed by atoms with Gasteiger partial charge in [0.1, 0.15) is 5.54 Å². The number of hydrogen-bond donors (Lipinski definition) is 1. The molecular formula is C15H29N3O2. The highest BCUT2D eigenvalue weighted by Gasteiger charge is 2.49. The minimum atomic E-state index is -0.810. The molecule has 0 aromatic carbocycles. The summed E-state index contributed by atoms with van der Waals surface area (Å²) in [4.78, 5) is 16.8. The Hall–Kier alpha value is -0.650. The molecular weight excluding hydrogens is 254 g/mol. The van der Waals surface area contributed by atoms with Crippen molar-refractivity contribution in [2.24, 2.45) is 11.7 Å². The maximum Gasteiger partial charge on any atom is 0.327 e. The van der Waals surface area contributed by atoms with Crippen LogP contribution in [0.5, 0.6) is 0 Å². The van der Waals surface area contributed by atoms with Crippen LogP contribution in [0.4, 0.5) is 0 Å². The maximum atomic E-state index is 12.2. The number of rotatable bonds is 8. The summed E-state index contributed by atoms with van der Waals surface area (Å²) in [5, 5.41) is 0. The molecule has 116 valence electrons. The number of esters is 1. The predicted octanol–water partition coefficient (Wildman–Crippen LogP) is 0.685. The fraction of sp³-hybridized carbons (Fsp3) is 0.933. The molecule has 20 heavy (non-hydrogen) atoms. The molecule has 1 saturated heterocycles. The van der Waals surface area contributed by atoms with Gasteiger partial charge in [-0.25, -0.2) is 4.79 Å². The molecule has 0 aromatic rings. The molecule has 2 aliphatic rings. The van der Waals surface area contributed by atoms with Gasteiger partial charge in [-0.1, -0.05) is 0 Å². The summed E-state index contributed by atoms with van der Waals surface area (Å²) in [6.45, 7) is 7.30. The first kappa shape index (κ1) is 15.7. The third-order valence-electron chi connectivity index (χ3n) is 4.49. The van der Waals surface area contributed by atoms with E-state index in [0.29, 0.717) is 19.1 Å². The van der Waals surface area contributed by atoms with Gasteiger partial charge in [-0.3, -0.25) is 0 Å². The zero-order chi connectivity index (χ0) is 14.6. The molecule has 0 radical (unpaired) electrons. The van der Waals surface area contributed by atoms with E-state index in [1.165, 1.54) is 25.9 Å². The van der Waals surface area contributed by atoms with Crippen LogP contribution < -0.4 is 5.73 Å². The highest BCUT2D eigenvalue weighted by molar-refractivity contribution is 5.82. The molecule has 2 fully saturated rings. The van der Waals surface area contributed by atoms with E-state index in [1.54, 1.807) is 0 Å². The molecule has 0 bridgehead atoms. The molecule has 5 nitrogen and oxygen atoms in total. The average molecular weight is 283 g/mol. The van der Waals surface area contributed by atoms with E-state index in [2.05, 4.69) is 16.8 Å². The Labute approximate surface area is 122 Å². The van der Waals surface area contributed by atoms with E-state index in [-0.39, 0.29) is 5.97 Å². The van der Waals surface area contributed by atoms with Gasteiger partial charge >= 0.3 is 5.97 Å². The minimum Gasteiger partial charge on any atom is -0.465 e. The second kappa shape index (κ2) is 6.87. The van der Waals surface area contributed by atoms with Crippen LogP contribution >= 0.6 is 0 Å². The van der Waals surface area contributed by atoms with Crippen LogP contribution in [-0.4, -0.2) is 67.7 Å². The molecule has 1 saturated carbocycles. The molecule has 2 N–H and O–H groups in total. The van der Waals surface area contributed by atoms with Crippen LogP contribution in [0, 0.1) is 5.92 Å². The lowest BCUT2D eigenvalue weighted by Crippen LogP contribution is -2.58. The van der Waals surface area contributed by atoms with Crippen molar-refractivity contribution in [1.82, 2.24) is 9.80 Å². The summed E-state index contributed by atoms with van der Waals surface area (Å²) >= 11 is 0. The fourth-order valence-electron chi connectivity index (χ4n) is 3.07. The van der Waals surface area contributed by atoms with Gasteiger partial charge in [0.15, 0.2) is 0 Å². The van der Waals surface area contributed by atoms with Crippen LogP contribution in [0.2, 0.25) is 0 Å². The van der Waals surface area contributed by atoms with Crippen LogP contribution in [0.25, 0.3) is 0 Å². The van der Waals surface area contributed by atoms with Gasteiger partial charge < -0.3 is 20.3 Å². The molecule has 1 atom stereocenters. The zero-order valence-corrected chi connectivity index (χ0v) is 12.9. The Bertz CT molecular complexity index is 327. The van der Waals surface area contributed by atoms with Crippen molar-refractivity contribution in [3.05, 3.63) is 0 Å². The largest absolute Gasteiger partial charge is 0.465 e. The van der Waals surface area contributed by atoms with Crippen LogP contribution in [0.1, 0.15) is 32.6 Å². The van der Waals surface area contributed by atoms with Crippen LogP contribution in [0.15, 0.2) is 0 Å². The Morgan fingerprint density at radius 1 is 1.40 bits per heavy atom. The summed E-state index contributed by atoms with van der Waals surface area (Å²) in [6, 6.07) is 0. The normalized spacial score (nSPS) is 23.0. The second-order valence-electron chi connectivity index (χ2n) is 6.32. The van der Waals surface area contributed by atoms with E-state index >= 15 is 0 Å². The first-order valence-electron chi connectivity index (χ1n) is 7.93. The van der Waals surface area contributed by atoms with Crippen molar-refractivity contribution in [1.29, 1.82) is 0 Å². The Morgan fingerprint density at radius 2 is 2.05 bits per heavy atom. The van der Waals surface area contributed by atoms with Crippen LogP contribution in [-0.2, 0) is 9.53 Å². The van der Waals surface area contributed by atoms with E-state index in [9.17, 15) is 4.79 Å². The Kier molecular flexibility index (Phi) is 5.41. The third-order valence-corrected chi connectivity index (χ3v) is 4.49. The fourth-order valence-corrected chi connectivity index (χ4v) is 3.07. The van der Waals surface area contributed by atoms with Crippen molar-refractivity contribution in [3.8, 4) is 0 Å². The molecule has 0 amide bonds.